The molecule has 0 unspecified atom stereocenters. The number of hydrogen-bond acceptors (Lipinski definition) is 1. The summed E-state index contributed by atoms with van der Waals surface area (Å²) in [6.07, 6.45) is 2.06. The zero-order valence-electron chi connectivity index (χ0n) is 8.13. The minimum absolute atomic E-state index is 0.206. The Hall–Kier alpha value is -1.44. The lowest BCUT2D eigenvalue weighted by Crippen LogP contribution is -1.89. The molecule has 2 heteroatoms. The zero-order valence-corrected chi connectivity index (χ0v) is 8.13. The Balaban J connectivity index is 2.50. The maximum atomic E-state index is 12.9. The number of benzene rings is 1. The predicted octanol–water partition coefficient (Wildman–Crippen LogP) is 3.33. The van der Waals surface area contributed by atoms with Crippen molar-refractivity contribution < 1.29 is 4.39 Å². The summed E-state index contributed by atoms with van der Waals surface area (Å²) in [6, 6.07) is 8.58. The highest BCUT2D eigenvalue weighted by molar-refractivity contribution is 5.78. The van der Waals surface area contributed by atoms with Crippen LogP contribution in [0.1, 0.15) is 19.0 Å². The van der Waals surface area contributed by atoms with E-state index in [4.69, 9.17) is 0 Å². The van der Waals surface area contributed by atoms with Gasteiger partial charge < -0.3 is 0 Å². The molecule has 14 heavy (non-hydrogen) atoms. The predicted molar refractivity (Wildman–Crippen MR) is 55.7 cm³/mol. The first-order chi connectivity index (χ1) is 6.79. The minimum atomic E-state index is -0.206. The smallest absolute Gasteiger partial charge is 0.123 e. The Bertz CT molecular complexity index is 451. The summed E-state index contributed by atoms with van der Waals surface area (Å²) < 4.78 is 12.9. The summed E-state index contributed by atoms with van der Waals surface area (Å²) in [5.74, 6) is -0.206. The van der Waals surface area contributed by atoms with Gasteiger partial charge in [0.1, 0.15) is 5.82 Å². The summed E-state index contributed by atoms with van der Waals surface area (Å²) in [7, 11) is 0. The van der Waals surface area contributed by atoms with Gasteiger partial charge in [0.05, 0.1) is 5.52 Å². The van der Waals surface area contributed by atoms with Crippen LogP contribution in [0, 0.1) is 5.82 Å². The van der Waals surface area contributed by atoms with Crippen LogP contribution in [0.15, 0.2) is 30.3 Å². The van der Waals surface area contributed by atoms with Crippen molar-refractivity contribution in [2.75, 3.05) is 0 Å². The van der Waals surface area contributed by atoms with Crippen LogP contribution in [-0.4, -0.2) is 4.98 Å². The Morgan fingerprint density at radius 2 is 2.07 bits per heavy atom. The quantitative estimate of drug-likeness (QED) is 0.706. The summed E-state index contributed by atoms with van der Waals surface area (Å²) in [6.45, 7) is 2.12. The van der Waals surface area contributed by atoms with Crippen LogP contribution in [0.5, 0.6) is 0 Å². The first-order valence-corrected chi connectivity index (χ1v) is 4.85. The normalized spacial score (nSPS) is 10.7. The average molecular weight is 189 g/mol. The van der Waals surface area contributed by atoms with Crippen LogP contribution in [0.3, 0.4) is 0 Å². The molecular formula is C12H12FN. The zero-order chi connectivity index (χ0) is 9.97. The third kappa shape index (κ3) is 1.74. The number of hydrogen-bond donors (Lipinski definition) is 0. The molecule has 0 aliphatic rings. The van der Waals surface area contributed by atoms with Gasteiger partial charge in [-0.1, -0.05) is 19.4 Å². The molecule has 0 aliphatic heterocycles. The van der Waals surface area contributed by atoms with Crippen LogP contribution >= 0.6 is 0 Å². The van der Waals surface area contributed by atoms with Gasteiger partial charge in [-0.2, -0.15) is 0 Å². The highest BCUT2D eigenvalue weighted by Crippen LogP contribution is 2.14. The number of aromatic nitrogens is 1. The number of rotatable bonds is 2. The summed E-state index contributed by atoms with van der Waals surface area (Å²) in [5, 5.41) is 0.866. The number of pyridine rings is 1. The number of nitrogens with zero attached hydrogens (tertiary/aromatic N) is 1. The van der Waals surface area contributed by atoms with Crippen LogP contribution in [0.4, 0.5) is 4.39 Å². The second-order valence-electron chi connectivity index (χ2n) is 3.39. The molecule has 1 heterocycles. The molecule has 0 bridgehead atoms. The Morgan fingerprint density at radius 3 is 2.86 bits per heavy atom. The lowest BCUT2D eigenvalue weighted by molar-refractivity contribution is 0.629. The largest absolute Gasteiger partial charge is 0.253 e. The van der Waals surface area contributed by atoms with Crippen molar-refractivity contribution in [1.29, 1.82) is 0 Å². The van der Waals surface area contributed by atoms with Gasteiger partial charge in [-0.25, -0.2) is 4.39 Å². The van der Waals surface area contributed by atoms with Crippen molar-refractivity contribution in [3.8, 4) is 0 Å². The molecule has 0 saturated heterocycles. The molecular weight excluding hydrogens is 177 g/mol. The van der Waals surface area contributed by atoms with Crippen LogP contribution < -0.4 is 0 Å². The van der Waals surface area contributed by atoms with Crippen LogP contribution in [-0.2, 0) is 6.42 Å². The van der Waals surface area contributed by atoms with Crippen molar-refractivity contribution in [1.82, 2.24) is 4.98 Å². The monoisotopic (exact) mass is 189 g/mol. The standard InChI is InChI=1S/C12H12FN/c1-2-3-11-6-4-9-8-10(13)5-7-12(9)14-11/h4-8H,2-3H2,1H3. The molecule has 1 aromatic carbocycles. The van der Waals surface area contributed by atoms with E-state index in [1.807, 2.05) is 12.1 Å². The van der Waals surface area contributed by atoms with Crippen LogP contribution in [0.25, 0.3) is 10.9 Å². The van der Waals surface area contributed by atoms with Crippen molar-refractivity contribution in [3.05, 3.63) is 41.8 Å². The van der Waals surface area contributed by atoms with Gasteiger partial charge in [0.2, 0.25) is 0 Å². The maximum absolute atomic E-state index is 12.9. The Morgan fingerprint density at radius 1 is 1.21 bits per heavy atom. The van der Waals surface area contributed by atoms with Gasteiger partial charge in [0.15, 0.2) is 0 Å². The summed E-state index contributed by atoms with van der Waals surface area (Å²) in [4.78, 5) is 4.44. The fourth-order valence-electron chi connectivity index (χ4n) is 1.53. The molecule has 0 N–H and O–H groups in total. The van der Waals surface area contributed by atoms with E-state index in [0.29, 0.717) is 0 Å². The molecule has 0 atom stereocenters. The van der Waals surface area contributed by atoms with E-state index >= 15 is 0 Å². The van der Waals surface area contributed by atoms with E-state index in [0.717, 1.165) is 29.4 Å². The number of fused-ring (bicyclic) bond motifs is 1. The van der Waals surface area contributed by atoms with E-state index in [-0.39, 0.29) is 5.82 Å². The second kappa shape index (κ2) is 3.74. The van der Waals surface area contributed by atoms with Gasteiger partial charge in [0.25, 0.3) is 0 Å². The van der Waals surface area contributed by atoms with Gasteiger partial charge in [-0.15, -0.1) is 0 Å². The van der Waals surface area contributed by atoms with E-state index in [1.165, 1.54) is 12.1 Å². The number of aryl methyl sites for hydroxylation is 1. The maximum Gasteiger partial charge on any atom is 0.123 e. The van der Waals surface area contributed by atoms with E-state index in [1.54, 1.807) is 6.07 Å². The molecule has 0 radical (unpaired) electrons. The average Bonchev–Trinajstić information content (AvgIpc) is 2.19. The summed E-state index contributed by atoms with van der Waals surface area (Å²) >= 11 is 0. The molecule has 2 aromatic rings. The highest BCUT2D eigenvalue weighted by Gasteiger charge is 1.98. The van der Waals surface area contributed by atoms with Crippen molar-refractivity contribution in [2.24, 2.45) is 0 Å². The van der Waals surface area contributed by atoms with Crippen LogP contribution in [0.2, 0.25) is 0 Å². The van der Waals surface area contributed by atoms with E-state index in [9.17, 15) is 4.39 Å². The minimum Gasteiger partial charge on any atom is -0.253 e. The molecule has 0 aliphatic carbocycles. The molecule has 2 rings (SSSR count). The van der Waals surface area contributed by atoms with Crippen molar-refractivity contribution in [2.45, 2.75) is 19.8 Å². The number of halogens is 1. The SMILES string of the molecule is CCCc1ccc2cc(F)ccc2n1. The van der Waals surface area contributed by atoms with Crippen molar-refractivity contribution in [3.63, 3.8) is 0 Å². The molecule has 1 nitrogen and oxygen atoms in total. The van der Waals surface area contributed by atoms with Gasteiger partial charge in [-0.3, -0.25) is 4.98 Å². The highest BCUT2D eigenvalue weighted by atomic mass is 19.1. The molecule has 0 saturated carbocycles. The molecule has 0 amide bonds. The topological polar surface area (TPSA) is 12.9 Å². The first kappa shape index (κ1) is 9.13. The van der Waals surface area contributed by atoms with Gasteiger partial charge in [0, 0.05) is 11.1 Å². The van der Waals surface area contributed by atoms with Gasteiger partial charge in [-0.05, 0) is 30.7 Å². The van der Waals surface area contributed by atoms with Crippen molar-refractivity contribution >= 4 is 10.9 Å². The lowest BCUT2D eigenvalue weighted by atomic mass is 10.1. The third-order valence-electron chi connectivity index (χ3n) is 2.22. The molecule has 0 spiro atoms. The third-order valence-corrected chi connectivity index (χ3v) is 2.22. The Labute approximate surface area is 82.6 Å². The Kier molecular flexibility index (Phi) is 2.44. The van der Waals surface area contributed by atoms with E-state index in [2.05, 4.69) is 11.9 Å². The fourth-order valence-corrected chi connectivity index (χ4v) is 1.53. The summed E-state index contributed by atoms with van der Waals surface area (Å²) in [5.41, 5.74) is 1.95. The lowest BCUT2D eigenvalue weighted by Gasteiger charge is -2.01. The van der Waals surface area contributed by atoms with Gasteiger partial charge >= 0.3 is 0 Å². The second-order valence-corrected chi connectivity index (χ2v) is 3.39. The molecule has 0 fully saturated rings. The molecule has 1 aromatic heterocycles. The van der Waals surface area contributed by atoms with E-state index < -0.39 is 0 Å². The molecule has 72 valence electrons. The fraction of sp³-hybridized carbons (Fsp3) is 0.250. The first-order valence-electron chi connectivity index (χ1n) is 4.85.